The molecular weight excluding hydrogens is 328 g/mol. The molecule has 3 rings (SSSR count). The molecule has 2 aromatic rings. The lowest BCUT2D eigenvalue weighted by molar-refractivity contribution is 0.102. The van der Waals surface area contributed by atoms with Gasteiger partial charge in [0.2, 0.25) is 0 Å². The lowest BCUT2D eigenvalue weighted by Gasteiger charge is -2.18. The molecule has 2 aromatic carbocycles. The standard InChI is InChI=1S/C17H17BrN2O/c1-11-2-4-14(18)9-16(11)17(21)20-15-5-3-12-6-7-19-10-13(12)8-15/h2-5,8-9,19H,6-7,10H2,1H3,(H,20,21). The number of rotatable bonds is 2. The fraction of sp³-hybridized carbons (Fsp3) is 0.235. The van der Waals surface area contributed by atoms with Crippen LogP contribution in [0.25, 0.3) is 0 Å². The van der Waals surface area contributed by atoms with Gasteiger partial charge in [-0.25, -0.2) is 0 Å². The molecular formula is C17H17BrN2O. The van der Waals surface area contributed by atoms with Crippen LogP contribution in [0, 0.1) is 6.92 Å². The van der Waals surface area contributed by atoms with Crippen molar-refractivity contribution in [3.8, 4) is 0 Å². The van der Waals surface area contributed by atoms with Gasteiger partial charge in [-0.15, -0.1) is 0 Å². The van der Waals surface area contributed by atoms with Crippen LogP contribution in [0.2, 0.25) is 0 Å². The fourth-order valence-corrected chi connectivity index (χ4v) is 2.96. The van der Waals surface area contributed by atoms with E-state index in [9.17, 15) is 4.79 Å². The Hall–Kier alpha value is -1.65. The zero-order valence-electron chi connectivity index (χ0n) is 11.9. The molecule has 21 heavy (non-hydrogen) atoms. The number of amides is 1. The summed E-state index contributed by atoms with van der Waals surface area (Å²) in [5.74, 6) is -0.0717. The highest BCUT2D eigenvalue weighted by Crippen LogP contribution is 2.21. The highest BCUT2D eigenvalue weighted by atomic mass is 79.9. The first-order chi connectivity index (χ1) is 10.1. The van der Waals surface area contributed by atoms with Crippen LogP contribution in [0.1, 0.15) is 27.0 Å². The Balaban J connectivity index is 1.83. The van der Waals surface area contributed by atoms with E-state index >= 15 is 0 Å². The minimum Gasteiger partial charge on any atom is -0.322 e. The van der Waals surface area contributed by atoms with E-state index in [0.717, 1.165) is 35.2 Å². The molecule has 0 unspecified atom stereocenters. The van der Waals surface area contributed by atoms with E-state index in [1.54, 1.807) is 0 Å². The number of anilines is 1. The van der Waals surface area contributed by atoms with Crippen LogP contribution < -0.4 is 10.6 Å². The molecule has 1 amide bonds. The molecule has 1 aliphatic rings. The molecule has 0 radical (unpaired) electrons. The van der Waals surface area contributed by atoms with E-state index in [0.29, 0.717) is 5.56 Å². The predicted octanol–water partition coefficient (Wildman–Crippen LogP) is 3.66. The summed E-state index contributed by atoms with van der Waals surface area (Å²) in [5, 5.41) is 6.34. The number of aryl methyl sites for hydroxylation is 1. The molecule has 0 aromatic heterocycles. The van der Waals surface area contributed by atoms with Gasteiger partial charge in [0.1, 0.15) is 0 Å². The van der Waals surface area contributed by atoms with Crippen LogP contribution in [0.3, 0.4) is 0 Å². The fourth-order valence-electron chi connectivity index (χ4n) is 2.60. The number of nitrogens with one attached hydrogen (secondary N) is 2. The van der Waals surface area contributed by atoms with E-state index < -0.39 is 0 Å². The minimum atomic E-state index is -0.0717. The van der Waals surface area contributed by atoms with Gasteiger partial charge in [0.15, 0.2) is 0 Å². The van der Waals surface area contributed by atoms with Crippen LogP contribution in [0.5, 0.6) is 0 Å². The van der Waals surface area contributed by atoms with Gasteiger partial charge in [0, 0.05) is 22.3 Å². The average Bonchev–Trinajstić information content (AvgIpc) is 2.49. The topological polar surface area (TPSA) is 41.1 Å². The normalized spacial score (nSPS) is 13.6. The summed E-state index contributed by atoms with van der Waals surface area (Å²) in [6.07, 6.45) is 1.05. The summed E-state index contributed by atoms with van der Waals surface area (Å²) >= 11 is 3.41. The van der Waals surface area contributed by atoms with Gasteiger partial charge in [-0.2, -0.15) is 0 Å². The lowest BCUT2D eigenvalue weighted by atomic mass is 10.0. The predicted molar refractivity (Wildman–Crippen MR) is 88.7 cm³/mol. The maximum atomic E-state index is 12.4. The highest BCUT2D eigenvalue weighted by molar-refractivity contribution is 9.10. The van der Waals surface area contributed by atoms with Crippen LogP contribution in [0.15, 0.2) is 40.9 Å². The maximum absolute atomic E-state index is 12.4. The van der Waals surface area contributed by atoms with Gasteiger partial charge in [-0.1, -0.05) is 28.1 Å². The van der Waals surface area contributed by atoms with E-state index in [-0.39, 0.29) is 5.91 Å². The monoisotopic (exact) mass is 344 g/mol. The molecule has 0 saturated carbocycles. The number of carbonyl (C=O) groups is 1. The smallest absolute Gasteiger partial charge is 0.255 e. The number of carbonyl (C=O) groups excluding carboxylic acids is 1. The Morgan fingerprint density at radius 2 is 2.05 bits per heavy atom. The number of hydrogen-bond acceptors (Lipinski definition) is 2. The molecule has 3 nitrogen and oxygen atoms in total. The molecule has 2 N–H and O–H groups in total. The highest BCUT2D eigenvalue weighted by Gasteiger charge is 2.12. The van der Waals surface area contributed by atoms with Crippen molar-refractivity contribution in [2.24, 2.45) is 0 Å². The summed E-state index contributed by atoms with van der Waals surface area (Å²) in [4.78, 5) is 12.4. The summed E-state index contributed by atoms with van der Waals surface area (Å²) < 4.78 is 0.910. The SMILES string of the molecule is Cc1ccc(Br)cc1C(=O)Nc1ccc2c(c1)CNCC2. The first-order valence-electron chi connectivity index (χ1n) is 7.03. The summed E-state index contributed by atoms with van der Waals surface area (Å²) in [7, 11) is 0. The minimum absolute atomic E-state index is 0.0717. The average molecular weight is 345 g/mol. The Morgan fingerprint density at radius 3 is 2.90 bits per heavy atom. The molecule has 4 heteroatoms. The van der Waals surface area contributed by atoms with Gasteiger partial charge in [-0.3, -0.25) is 4.79 Å². The molecule has 0 fully saturated rings. The quantitative estimate of drug-likeness (QED) is 0.872. The second-order valence-corrected chi connectivity index (χ2v) is 6.24. The zero-order valence-corrected chi connectivity index (χ0v) is 13.5. The van der Waals surface area contributed by atoms with Crippen molar-refractivity contribution in [1.29, 1.82) is 0 Å². The van der Waals surface area contributed by atoms with Crippen molar-refractivity contribution >= 4 is 27.5 Å². The Morgan fingerprint density at radius 1 is 1.19 bits per heavy atom. The van der Waals surface area contributed by atoms with E-state index in [2.05, 4.69) is 38.7 Å². The number of fused-ring (bicyclic) bond motifs is 1. The first-order valence-corrected chi connectivity index (χ1v) is 7.83. The van der Waals surface area contributed by atoms with Crippen molar-refractivity contribution in [2.75, 3.05) is 11.9 Å². The first kappa shape index (κ1) is 14.3. The van der Waals surface area contributed by atoms with E-state index in [1.165, 1.54) is 11.1 Å². The molecule has 0 bridgehead atoms. The summed E-state index contributed by atoms with van der Waals surface area (Å²) in [6, 6.07) is 11.9. The largest absolute Gasteiger partial charge is 0.322 e. The van der Waals surface area contributed by atoms with Crippen LogP contribution in [-0.4, -0.2) is 12.5 Å². The van der Waals surface area contributed by atoms with Gasteiger partial charge < -0.3 is 10.6 Å². The molecule has 108 valence electrons. The number of halogens is 1. The van der Waals surface area contributed by atoms with Crippen molar-refractivity contribution in [2.45, 2.75) is 19.9 Å². The van der Waals surface area contributed by atoms with E-state index in [1.807, 2.05) is 31.2 Å². The third-order valence-corrected chi connectivity index (χ3v) is 4.29. The Labute approximate surface area is 132 Å². The van der Waals surface area contributed by atoms with Crippen LogP contribution in [0.4, 0.5) is 5.69 Å². The van der Waals surface area contributed by atoms with Crippen molar-refractivity contribution in [3.63, 3.8) is 0 Å². The molecule has 1 heterocycles. The van der Waals surface area contributed by atoms with Crippen molar-refractivity contribution < 1.29 is 4.79 Å². The number of hydrogen-bond donors (Lipinski definition) is 2. The van der Waals surface area contributed by atoms with Gasteiger partial charge in [0.25, 0.3) is 5.91 Å². The third-order valence-electron chi connectivity index (χ3n) is 3.79. The maximum Gasteiger partial charge on any atom is 0.255 e. The van der Waals surface area contributed by atoms with E-state index in [4.69, 9.17) is 0 Å². The Kier molecular flexibility index (Phi) is 4.08. The summed E-state index contributed by atoms with van der Waals surface area (Å²) in [5.41, 5.74) is 5.15. The second kappa shape index (κ2) is 6.00. The molecule has 0 aliphatic carbocycles. The van der Waals surface area contributed by atoms with Gasteiger partial charge >= 0.3 is 0 Å². The van der Waals surface area contributed by atoms with Crippen LogP contribution in [-0.2, 0) is 13.0 Å². The molecule has 0 spiro atoms. The molecule has 0 atom stereocenters. The second-order valence-electron chi connectivity index (χ2n) is 5.32. The molecule has 0 saturated heterocycles. The van der Waals surface area contributed by atoms with Gasteiger partial charge in [0.05, 0.1) is 0 Å². The summed E-state index contributed by atoms with van der Waals surface area (Å²) in [6.45, 7) is 3.84. The lowest BCUT2D eigenvalue weighted by Crippen LogP contribution is -2.23. The van der Waals surface area contributed by atoms with Crippen LogP contribution >= 0.6 is 15.9 Å². The van der Waals surface area contributed by atoms with Crippen molar-refractivity contribution in [3.05, 3.63) is 63.1 Å². The zero-order chi connectivity index (χ0) is 14.8. The van der Waals surface area contributed by atoms with Crippen molar-refractivity contribution in [1.82, 2.24) is 5.32 Å². The Bertz CT molecular complexity index is 697. The molecule has 1 aliphatic heterocycles. The number of benzene rings is 2. The third kappa shape index (κ3) is 3.17. The van der Waals surface area contributed by atoms with Gasteiger partial charge in [-0.05, 0) is 60.8 Å².